The lowest BCUT2D eigenvalue weighted by Gasteiger charge is -2.31. The highest BCUT2D eigenvalue weighted by Gasteiger charge is 2.38. The van der Waals surface area contributed by atoms with E-state index in [0.29, 0.717) is 30.7 Å². The topological polar surface area (TPSA) is 481 Å². The Morgan fingerprint density at radius 2 is 0.975 bits per heavy atom. The molecule has 442 valence electrons. The Kier molecular flexibility index (Phi) is 28.6. The Bertz CT molecular complexity index is 2340. The molecule has 2 aromatic heterocycles. The summed E-state index contributed by atoms with van der Waals surface area (Å²) in [6, 6.07) is -12.6. The van der Waals surface area contributed by atoms with Gasteiger partial charge in [0.1, 0.15) is 48.3 Å². The molecule has 29 nitrogen and oxygen atoms in total. The molecule has 0 radical (unpaired) electrons. The zero-order valence-electron chi connectivity index (χ0n) is 46.6. The third-order valence-corrected chi connectivity index (χ3v) is 12.9. The Labute approximate surface area is 459 Å². The molecule has 0 saturated heterocycles. The molecule has 0 saturated carbocycles. The van der Waals surface area contributed by atoms with E-state index in [1.54, 1.807) is 41.5 Å². The lowest BCUT2D eigenvalue weighted by Crippen LogP contribution is -2.62. The van der Waals surface area contributed by atoms with Crippen molar-refractivity contribution in [3.05, 3.63) is 36.4 Å². The average molecular weight is 1120 g/mol. The van der Waals surface area contributed by atoms with Gasteiger partial charge in [0.25, 0.3) is 0 Å². The van der Waals surface area contributed by atoms with Crippen molar-refractivity contribution in [2.45, 2.75) is 181 Å². The van der Waals surface area contributed by atoms with Crippen molar-refractivity contribution in [2.24, 2.45) is 51.6 Å². The SMILES string of the molecule is CCC(C)C(NC(=O)C(CCCN=C(N)N)NC(=O)C(CC(N)=O)NC(=O)C(Cc1cnc[nH]1)NC(=O)C(N)CC(C)C)C(=O)NC(C(=O)NC(CC(C)C)C(=O)NC(C(=O)NC(Cc1cnc[nH]1)C(=O)O)C(C)O)C(C)CC. The first-order valence-electron chi connectivity index (χ1n) is 26.5. The fourth-order valence-electron chi connectivity index (χ4n) is 8.05. The van der Waals surface area contributed by atoms with Gasteiger partial charge in [-0.2, -0.15) is 0 Å². The van der Waals surface area contributed by atoms with Gasteiger partial charge in [-0.1, -0.05) is 68.2 Å². The monoisotopic (exact) mass is 1120 g/mol. The molecule has 2 heterocycles. The predicted octanol–water partition coefficient (Wildman–Crippen LogP) is -3.30. The lowest BCUT2D eigenvalue weighted by atomic mass is 9.94. The molecule has 0 bridgehead atoms. The van der Waals surface area contributed by atoms with Crippen molar-refractivity contribution in [1.29, 1.82) is 0 Å². The van der Waals surface area contributed by atoms with Gasteiger partial charge in [0, 0.05) is 43.2 Å². The minimum Gasteiger partial charge on any atom is -0.480 e. The largest absolute Gasteiger partial charge is 0.480 e. The van der Waals surface area contributed by atoms with Crippen LogP contribution in [0.1, 0.15) is 119 Å². The van der Waals surface area contributed by atoms with E-state index < -0.39 is 138 Å². The molecule has 9 amide bonds. The summed E-state index contributed by atoms with van der Waals surface area (Å²) in [4.78, 5) is 153. The molecular formula is C50H85N17O12. The van der Waals surface area contributed by atoms with Crippen molar-refractivity contribution < 1.29 is 58.2 Å². The van der Waals surface area contributed by atoms with Crippen molar-refractivity contribution in [2.75, 3.05) is 6.54 Å². The Hall–Kier alpha value is -7.69. The average Bonchev–Trinajstić information content (AvgIpc) is 4.10. The van der Waals surface area contributed by atoms with E-state index in [9.17, 15) is 58.2 Å². The summed E-state index contributed by atoms with van der Waals surface area (Å²) >= 11 is 0. The van der Waals surface area contributed by atoms with Crippen LogP contribution in [0.3, 0.4) is 0 Å². The van der Waals surface area contributed by atoms with Gasteiger partial charge in [-0.25, -0.2) is 14.8 Å². The molecule has 0 aliphatic rings. The van der Waals surface area contributed by atoms with E-state index in [1.165, 1.54) is 32.0 Å². The lowest BCUT2D eigenvalue weighted by molar-refractivity contribution is -0.143. The standard InChI is InChI=1S/C50H85N17O12/c1-10-26(7)38(46(75)63-33(16-25(5)6)45(74)67-40(28(9)68)48(77)64-36(49(78)79)18-30-21-56-23-59-30)66-47(76)39(27(8)11-2)65-42(71)32(13-12-14-57-50(53)54)60-44(73)35(19-37(52)69)62-43(72)34(17-29-20-55-22-58-29)61-41(70)31(51)15-24(3)4/h20-28,31-36,38-40,68H,10-19,51H2,1-9H3,(H2,52,69)(H,55,58)(H,56,59)(H,60,73)(H,61,70)(H,62,72)(H,63,75)(H,64,77)(H,65,71)(H,66,76)(H,67,74)(H,78,79)(H4,53,54,57). The van der Waals surface area contributed by atoms with Crippen molar-refractivity contribution in [1.82, 2.24) is 62.5 Å². The zero-order chi connectivity index (χ0) is 59.7. The molecule has 20 N–H and O–H groups in total. The summed E-state index contributed by atoms with van der Waals surface area (Å²) in [5.74, 6) is -11.0. The summed E-state index contributed by atoms with van der Waals surface area (Å²) in [5, 5.41) is 40.9. The van der Waals surface area contributed by atoms with E-state index >= 15 is 0 Å². The molecule has 0 aliphatic heterocycles. The summed E-state index contributed by atoms with van der Waals surface area (Å²) in [5.41, 5.74) is 23.5. The number of imidazole rings is 2. The van der Waals surface area contributed by atoms with E-state index in [-0.39, 0.29) is 56.4 Å². The van der Waals surface area contributed by atoms with Crippen LogP contribution in [0.25, 0.3) is 0 Å². The van der Waals surface area contributed by atoms with Gasteiger partial charge in [-0.15, -0.1) is 0 Å². The molecule has 0 spiro atoms. The number of nitrogens with two attached hydrogens (primary N) is 4. The summed E-state index contributed by atoms with van der Waals surface area (Å²) < 4.78 is 0. The number of carbonyl (C=O) groups is 10. The van der Waals surface area contributed by atoms with Crippen LogP contribution in [-0.4, -0.2) is 162 Å². The number of H-pyrrole nitrogens is 2. The number of hydrogen-bond donors (Lipinski definition) is 16. The van der Waals surface area contributed by atoms with E-state index in [2.05, 4.69) is 67.5 Å². The molecule has 2 aromatic rings. The highest BCUT2D eigenvalue weighted by molar-refractivity contribution is 5.99. The van der Waals surface area contributed by atoms with Crippen molar-refractivity contribution in [3.8, 4) is 0 Å². The van der Waals surface area contributed by atoms with Gasteiger partial charge in [0.2, 0.25) is 53.2 Å². The van der Waals surface area contributed by atoms with E-state index in [4.69, 9.17) is 22.9 Å². The number of guanidine groups is 1. The van der Waals surface area contributed by atoms with Gasteiger partial charge >= 0.3 is 5.97 Å². The molecule has 29 heteroatoms. The van der Waals surface area contributed by atoms with E-state index in [0.717, 1.165) is 0 Å². The molecule has 79 heavy (non-hydrogen) atoms. The van der Waals surface area contributed by atoms with Crippen LogP contribution in [0.15, 0.2) is 30.0 Å². The van der Waals surface area contributed by atoms with Gasteiger partial charge < -0.3 is 85.6 Å². The highest BCUT2D eigenvalue weighted by atomic mass is 16.4. The van der Waals surface area contributed by atoms with Gasteiger partial charge in [-0.3, -0.25) is 48.1 Å². The van der Waals surface area contributed by atoms with Crippen LogP contribution in [-0.2, 0) is 60.8 Å². The van der Waals surface area contributed by atoms with Crippen molar-refractivity contribution in [3.63, 3.8) is 0 Å². The number of aliphatic hydroxyl groups is 1. The Morgan fingerprint density at radius 1 is 0.557 bits per heavy atom. The number of aromatic amines is 2. The number of primary amides is 1. The van der Waals surface area contributed by atoms with Crippen LogP contribution in [0.2, 0.25) is 0 Å². The molecule has 12 unspecified atom stereocenters. The summed E-state index contributed by atoms with van der Waals surface area (Å²) in [6.07, 6.45) is 3.81. The maximum Gasteiger partial charge on any atom is 0.326 e. The first-order chi connectivity index (χ1) is 37.1. The molecule has 12 atom stereocenters. The number of aliphatic imine (C=N–C) groups is 1. The van der Waals surface area contributed by atoms with Crippen molar-refractivity contribution >= 4 is 65.1 Å². The maximum absolute atomic E-state index is 14.4. The van der Waals surface area contributed by atoms with Gasteiger partial charge in [0.05, 0.1) is 31.2 Å². The van der Waals surface area contributed by atoms with Crippen LogP contribution in [0, 0.1) is 23.7 Å². The number of carboxylic acids is 1. The van der Waals surface area contributed by atoms with Gasteiger partial charge in [-0.05, 0) is 56.3 Å². The number of nitrogens with zero attached hydrogens (tertiary/aromatic N) is 3. The number of amides is 9. The number of hydrogen-bond acceptors (Lipinski definition) is 15. The predicted molar refractivity (Wildman–Crippen MR) is 289 cm³/mol. The minimum absolute atomic E-state index is 0.00108. The minimum atomic E-state index is -1.69. The third-order valence-electron chi connectivity index (χ3n) is 12.9. The zero-order valence-corrected chi connectivity index (χ0v) is 46.6. The fourth-order valence-corrected chi connectivity index (χ4v) is 8.05. The Morgan fingerprint density at radius 3 is 1.44 bits per heavy atom. The second kappa shape index (κ2) is 33.6. The molecule has 0 fully saturated rings. The summed E-state index contributed by atoms with van der Waals surface area (Å²) in [6.45, 7) is 15.3. The first-order valence-corrected chi connectivity index (χ1v) is 26.5. The fraction of sp³-hybridized carbons (Fsp3) is 0.660. The molecule has 0 aliphatic carbocycles. The van der Waals surface area contributed by atoms with Crippen LogP contribution in [0.4, 0.5) is 0 Å². The summed E-state index contributed by atoms with van der Waals surface area (Å²) in [7, 11) is 0. The normalized spacial score (nSPS) is 15.9. The molecule has 0 aromatic carbocycles. The van der Waals surface area contributed by atoms with Crippen LogP contribution < -0.4 is 65.5 Å². The quantitative estimate of drug-likeness (QED) is 0.0181. The first kappa shape index (κ1) is 67.4. The van der Waals surface area contributed by atoms with Gasteiger partial charge in [0.15, 0.2) is 5.96 Å². The molecule has 2 rings (SSSR count). The molecular weight excluding hydrogens is 1030 g/mol. The smallest absolute Gasteiger partial charge is 0.326 e. The Balaban J connectivity index is 2.44. The highest BCUT2D eigenvalue weighted by Crippen LogP contribution is 2.16. The second-order valence-corrected chi connectivity index (χ2v) is 20.7. The number of aromatic nitrogens is 4. The maximum atomic E-state index is 14.4. The van der Waals surface area contributed by atoms with Crippen LogP contribution >= 0.6 is 0 Å². The third kappa shape index (κ3) is 23.8. The number of carboxylic acid groups (broad SMARTS) is 1. The second-order valence-electron chi connectivity index (χ2n) is 20.7. The number of carbonyl (C=O) groups excluding carboxylic acids is 9. The number of aliphatic carboxylic acids is 1. The number of rotatable bonds is 36. The number of aliphatic hydroxyl groups excluding tert-OH is 1. The number of nitrogens with one attached hydrogen (secondary N) is 10. The van der Waals surface area contributed by atoms with E-state index in [1.807, 2.05) is 13.8 Å². The van der Waals surface area contributed by atoms with Crippen LogP contribution in [0.5, 0.6) is 0 Å².